The third-order valence-corrected chi connectivity index (χ3v) is 4.74. The van der Waals surface area contributed by atoms with E-state index in [2.05, 4.69) is 18.7 Å². The molecule has 4 unspecified atom stereocenters. The van der Waals surface area contributed by atoms with Gasteiger partial charge in [0.25, 0.3) is 0 Å². The lowest BCUT2D eigenvalue weighted by atomic mass is 9.94. The quantitative estimate of drug-likeness (QED) is 0.802. The van der Waals surface area contributed by atoms with E-state index in [4.69, 9.17) is 0 Å². The third kappa shape index (κ3) is 2.35. The minimum atomic E-state index is -0.589. The summed E-state index contributed by atoms with van der Waals surface area (Å²) in [5.74, 6) is 0.495. The minimum Gasteiger partial charge on any atom is -0.480 e. The van der Waals surface area contributed by atoms with Crippen LogP contribution in [0.1, 0.15) is 52.4 Å². The average Bonchev–Trinajstić information content (AvgIpc) is 2.84. The summed E-state index contributed by atoms with van der Waals surface area (Å²) in [5.41, 5.74) is 0. The lowest BCUT2D eigenvalue weighted by molar-refractivity contribution is -0.144. The molecule has 98 valence electrons. The van der Waals surface area contributed by atoms with Crippen LogP contribution in [0.2, 0.25) is 0 Å². The molecule has 2 fully saturated rings. The Kier molecular flexibility index (Phi) is 4.08. The Morgan fingerprint density at radius 1 is 1.41 bits per heavy atom. The Bertz CT molecular complexity index is 279. The van der Waals surface area contributed by atoms with Crippen molar-refractivity contribution in [1.29, 1.82) is 0 Å². The Balaban J connectivity index is 2.13. The molecule has 2 aliphatic rings. The number of aliphatic carboxylic acids is 1. The fourth-order valence-corrected chi connectivity index (χ4v) is 3.98. The molecule has 0 aromatic rings. The molecule has 3 nitrogen and oxygen atoms in total. The summed E-state index contributed by atoms with van der Waals surface area (Å²) in [7, 11) is 0. The molecular formula is C14H25NO2. The molecule has 2 rings (SSSR count). The van der Waals surface area contributed by atoms with Crippen LogP contribution in [0.5, 0.6) is 0 Å². The van der Waals surface area contributed by atoms with E-state index in [0.717, 1.165) is 32.2 Å². The number of nitrogens with zero attached hydrogens (tertiary/aromatic N) is 1. The standard InChI is InChI=1S/C14H25NO2/c1-3-6-11(4-2)15-9-10-7-5-8-12(10)13(15)14(16)17/h10-13H,3-9H2,1-2H3,(H,16,17). The Labute approximate surface area is 104 Å². The molecule has 1 heterocycles. The summed E-state index contributed by atoms with van der Waals surface area (Å²) in [6.45, 7) is 5.41. The van der Waals surface area contributed by atoms with Crippen LogP contribution in [0.3, 0.4) is 0 Å². The van der Waals surface area contributed by atoms with Crippen molar-refractivity contribution in [3.8, 4) is 0 Å². The van der Waals surface area contributed by atoms with E-state index >= 15 is 0 Å². The highest BCUT2D eigenvalue weighted by atomic mass is 16.4. The molecule has 0 spiro atoms. The minimum absolute atomic E-state index is 0.195. The topological polar surface area (TPSA) is 40.5 Å². The van der Waals surface area contributed by atoms with Gasteiger partial charge in [-0.15, -0.1) is 0 Å². The maximum atomic E-state index is 11.5. The van der Waals surface area contributed by atoms with Gasteiger partial charge in [0, 0.05) is 12.6 Å². The average molecular weight is 239 g/mol. The summed E-state index contributed by atoms with van der Waals surface area (Å²) in [6, 6.07) is 0.283. The van der Waals surface area contributed by atoms with Gasteiger partial charge in [-0.25, -0.2) is 0 Å². The lowest BCUT2D eigenvalue weighted by Crippen LogP contribution is -2.45. The van der Waals surface area contributed by atoms with Crippen molar-refractivity contribution in [2.45, 2.75) is 64.5 Å². The number of likely N-dealkylation sites (tertiary alicyclic amines) is 1. The summed E-state index contributed by atoms with van der Waals surface area (Å²) >= 11 is 0. The molecule has 0 aromatic heterocycles. The zero-order valence-electron chi connectivity index (χ0n) is 11.1. The molecule has 0 radical (unpaired) electrons. The van der Waals surface area contributed by atoms with E-state index in [0.29, 0.717) is 17.9 Å². The van der Waals surface area contributed by atoms with Gasteiger partial charge in [-0.2, -0.15) is 0 Å². The highest BCUT2D eigenvalue weighted by molar-refractivity contribution is 5.74. The van der Waals surface area contributed by atoms with Crippen LogP contribution in [-0.4, -0.2) is 34.6 Å². The molecule has 1 aliphatic carbocycles. The maximum Gasteiger partial charge on any atom is 0.321 e. The predicted octanol–water partition coefficient (Wildman–Crippen LogP) is 2.75. The number of carbonyl (C=O) groups is 1. The van der Waals surface area contributed by atoms with Gasteiger partial charge in [0.1, 0.15) is 6.04 Å². The van der Waals surface area contributed by atoms with E-state index in [1.54, 1.807) is 0 Å². The van der Waals surface area contributed by atoms with Gasteiger partial charge in [0.05, 0.1) is 0 Å². The van der Waals surface area contributed by atoms with E-state index in [-0.39, 0.29) is 6.04 Å². The maximum absolute atomic E-state index is 11.5. The van der Waals surface area contributed by atoms with Crippen molar-refractivity contribution in [1.82, 2.24) is 4.90 Å². The van der Waals surface area contributed by atoms with Crippen LogP contribution in [0.15, 0.2) is 0 Å². The number of hydrogen-bond donors (Lipinski definition) is 1. The molecule has 1 aliphatic heterocycles. The van der Waals surface area contributed by atoms with Crippen LogP contribution in [-0.2, 0) is 4.79 Å². The molecule has 4 atom stereocenters. The summed E-state index contributed by atoms with van der Waals surface area (Å²) in [5, 5.41) is 9.50. The number of rotatable bonds is 5. The summed E-state index contributed by atoms with van der Waals surface area (Å²) in [6.07, 6.45) is 6.97. The van der Waals surface area contributed by atoms with Gasteiger partial charge in [-0.05, 0) is 37.5 Å². The summed E-state index contributed by atoms with van der Waals surface area (Å²) < 4.78 is 0. The van der Waals surface area contributed by atoms with Crippen LogP contribution >= 0.6 is 0 Å². The van der Waals surface area contributed by atoms with Gasteiger partial charge in [-0.1, -0.05) is 26.7 Å². The first kappa shape index (κ1) is 12.9. The molecule has 0 bridgehead atoms. The van der Waals surface area contributed by atoms with Crippen LogP contribution in [0.4, 0.5) is 0 Å². The van der Waals surface area contributed by atoms with Gasteiger partial charge < -0.3 is 5.11 Å². The van der Waals surface area contributed by atoms with E-state index in [1.165, 1.54) is 12.8 Å². The van der Waals surface area contributed by atoms with E-state index in [9.17, 15) is 9.90 Å². The number of hydrogen-bond acceptors (Lipinski definition) is 2. The second-order valence-corrected chi connectivity index (χ2v) is 5.69. The highest BCUT2D eigenvalue weighted by Crippen LogP contribution is 2.43. The molecule has 1 saturated heterocycles. The smallest absolute Gasteiger partial charge is 0.321 e. The van der Waals surface area contributed by atoms with Crippen molar-refractivity contribution >= 4 is 5.97 Å². The molecule has 3 heteroatoms. The zero-order chi connectivity index (χ0) is 12.4. The van der Waals surface area contributed by atoms with Crippen molar-refractivity contribution in [2.75, 3.05) is 6.54 Å². The lowest BCUT2D eigenvalue weighted by Gasteiger charge is -2.32. The van der Waals surface area contributed by atoms with Gasteiger partial charge >= 0.3 is 5.97 Å². The van der Waals surface area contributed by atoms with Crippen molar-refractivity contribution in [3.05, 3.63) is 0 Å². The molecule has 1 saturated carbocycles. The molecule has 1 N–H and O–H groups in total. The fourth-order valence-electron chi connectivity index (χ4n) is 3.98. The van der Waals surface area contributed by atoms with Crippen LogP contribution in [0.25, 0.3) is 0 Å². The van der Waals surface area contributed by atoms with E-state index in [1.807, 2.05) is 0 Å². The first-order valence-corrected chi connectivity index (χ1v) is 7.17. The molecular weight excluding hydrogens is 214 g/mol. The van der Waals surface area contributed by atoms with Gasteiger partial charge in [0.15, 0.2) is 0 Å². The van der Waals surface area contributed by atoms with E-state index < -0.39 is 5.97 Å². The third-order valence-electron chi connectivity index (χ3n) is 4.74. The monoisotopic (exact) mass is 239 g/mol. The van der Waals surface area contributed by atoms with Gasteiger partial charge in [-0.3, -0.25) is 9.69 Å². The number of carboxylic acid groups (broad SMARTS) is 1. The van der Waals surface area contributed by atoms with Crippen molar-refractivity contribution in [2.24, 2.45) is 11.8 Å². The Morgan fingerprint density at radius 2 is 2.18 bits per heavy atom. The first-order valence-electron chi connectivity index (χ1n) is 7.17. The normalized spacial score (nSPS) is 34.8. The highest BCUT2D eigenvalue weighted by Gasteiger charge is 2.49. The van der Waals surface area contributed by atoms with Crippen LogP contribution < -0.4 is 0 Å². The summed E-state index contributed by atoms with van der Waals surface area (Å²) in [4.78, 5) is 13.8. The molecule has 0 amide bonds. The SMILES string of the molecule is CCCC(CC)N1CC2CCCC2C1C(=O)O. The van der Waals surface area contributed by atoms with Gasteiger partial charge in [0.2, 0.25) is 0 Å². The van der Waals surface area contributed by atoms with Crippen molar-refractivity contribution < 1.29 is 9.90 Å². The van der Waals surface area contributed by atoms with Crippen LogP contribution in [0, 0.1) is 11.8 Å². The number of fused-ring (bicyclic) bond motifs is 1. The second kappa shape index (κ2) is 5.38. The Morgan fingerprint density at radius 3 is 2.76 bits per heavy atom. The zero-order valence-corrected chi connectivity index (χ0v) is 11.1. The molecule has 0 aromatic carbocycles. The number of carboxylic acids is 1. The Hall–Kier alpha value is -0.570. The predicted molar refractivity (Wildman–Crippen MR) is 67.9 cm³/mol. The van der Waals surface area contributed by atoms with Crippen molar-refractivity contribution in [3.63, 3.8) is 0 Å². The first-order chi connectivity index (χ1) is 8.19. The second-order valence-electron chi connectivity index (χ2n) is 5.69. The largest absolute Gasteiger partial charge is 0.480 e. The fraction of sp³-hybridized carbons (Fsp3) is 0.929. The molecule has 17 heavy (non-hydrogen) atoms.